The maximum absolute atomic E-state index is 11.4. The second kappa shape index (κ2) is 9.76. The first kappa shape index (κ1) is 20.4. The Morgan fingerprint density at radius 3 is 1.43 bits per heavy atom. The number of carbonyl (C=O) groups excluding carboxylic acids is 2. The summed E-state index contributed by atoms with van der Waals surface area (Å²) >= 11 is 0. The molecule has 1 saturated heterocycles. The van der Waals surface area contributed by atoms with E-state index in [1.807, 2.05) is 36.4 Å². The third-order valence-corrected chi connectivity index (χ3v) is 5.89. The lowest BCUT2D eigenvalue weighted by atomic mass is 9.94. The maximum Gasteiger partial charge on any atom is 0.121 e. The molecule has 148 valence electrons. The summed E-state index contributed by atoms with van der Waals surface area (Å²) in [5, 5.41) is 0. The highest BCUT2D eigenvalue weighted by atomic mass is 16.1. The van der Waals surface area contributed by atoms with Crippen molar-refractivity contribution in [3.05, 3.63) is 71.8 Å². The van der Waals surface area contributed by atoms with Gasteiger partial charge in [-0.1, -0.05) is 60.7 Å². The highest BCUT2D eigenvalue weighted by Crippen LogP contribution is 2.34. The lowest BCUT2D eigenvalue weighted by Gasteiger charge is -2.49. The Hall–Kier alpha value is -2.30. The van der Waals surface area contributed by atoms with Gasteiger partial charge in [0, 0.05) is 50.1 Å². The molecule has 3 rings (SSSR count). The van der Waals surface area contributed by atoms with Crippen LogP contribution in [0.4, 0.5) is 0 Å². The minimum Gasteiger partial charge on any atom is -0.303 e. The Morgan fingerprint density at radius 1 is 0.750 bits per heavy atom. The number of aldehydes is 2. The van der Waals surface area contributed by atoms with Crippen LogP contribution in [0.15, 0.2) is 60.7 Å². The van der Waals surface area contributed by atoms with E-state index in [4.69, 9.17) is 0 Å². The molecular weight excluding hydrogens is 348 g/mol. The second-order valence-corrected chi connectivity index (χ2v) is 7.75. The van der Waals surface area contributed by atoms with Crippen molar-refractivity contribution in [3.8, 4) is 0 Å². The molecule has 4 unspecified atom stereocenters. The van der Waals surface area contributed by atoms with Crippen molar-refractivity contribution in [2.75, 3.05) is 13.1 Å². The van der Waals surface area contributed by atoms with Gasteiger partial charge in [0.25, 0.3) is 0 Å². The number of hydrogen-bond acceptors (Lipinski definition) is 4. The van der Waals surface area contributed by atoms with E-state index in [9.17, 15) is 9.59 Å². The van der Waals surface area contributed by atoms with Crippen molar-refractivity contribution >= 4 is 12.6 Å². The second-order valence-electron chi connectivity index (χ2n) is 7.75. The molecule has 0 bridgehead atoms. The van der Waals surface area contributed by atoms with E-state index < -0.39 is 0 Å². The van der Waals surface area contributed by atoms with Gasteiger partial charge in [-0.2, -0.15) is 0 Å². The third-order valence-electron chi connectivity index (χ3n) is 5.89. The number of piperazine rings is 1. The predicted octanol–water partition coefficient (Wildman–Crippen LogP) is 4.04. The van der Waals surface area contributed by atoms with Crippen LogP contribution in [0.3, 0.4) is 0 Å². The number of rotatable bonds is 8. The van der Waals surface area contributed by atoms with Crippen LogP contribution < -0.4 is 0 Å². The van der Waals surface area contributed by atoms with Crippen LogP contribution in [0, 0.1) is 0 Å². The fourth-order valence-electron chi connectivity index (χ4n) is 4.51. The van der Waals surface area contributed by atoms with E-state index in [0.29, 0.717) is 24.9 Å². The van der Waals surface area contributed by atoms with Gasteiger partial charge in [0.15, 0.2) is 0 Å². The molecule has 2 aromatic carbocycles. The van der Waals surface area contributed by atoms with Crippen molar-refractivity contribution in [2.45, 2.75) is 50.9 Å². The molecule has 4 atom stereocenters. The highest BCUT2D eigenvalue weighted by molar-refractivity contribution is 5.52. The molecule has 0 radical (unpaired) electrons. The molecule has 1 aliphatic rings. The number of nitrogens with zero attached hydrogens (tertiary/aromatic N) is 2. The van der Waals surface area contributed by atoms with Gasteiger partial charge in [0.1, 0.15) is 12.6 Å². The van der Waals surface area contributed by atoms with Crippen LogP contribution in [0.2, 0.25) is 0 Å². The summed E-state index contributed by atoms with van der Waals surface area (Å²) in [7, 11) is 0. The van der Waals surface area contributed by atoms with Gasteiger partial charge < -0.3 is 9.59 Å². The van der Waals surface area contributed by atoms with Gasteiger partial charge in [-0.25, -0.2) is 0 Å². The predicted molar refractivity (Wildman–Crippen MR) is 112 cm³/mol. The topological polar surface area (TPSA) is 40.6 Å². The molecule has 1 fully saturated rings. The normalized spacial score (nSPS) is 23.1. The van der Waals surface area contributed by atoms with Crippen molar-refractivity contribution in [1.29, 1.82) is 0 Å². The average molecular weight is 379 g/mol. The summed E-state index contributed by atoms with van der Waals surface area (Å²) in [4.78, 5) is 27.7. The van der Waals surface area contributed by atoms with Gasteiger partial charge in [-0.15, -0.1) is 0 Å². The molecule has 2 aromatic rings. The van der Waals surface area contributed by atoms with Crippen molar-refractivity contribution in [1.82, 2.24) is 9.80 Å². The van der Waals surface area contributed by atoms with Crippen LogP contribution in [0.25, 0.3) is 0 Å². The largest absolute Gasteiger partial charge is 0.303 e. The standard InChI is InChI=1S/C24H30N2O2/c1-19-17-26(24(14-16-28)22-11-7-4-8-12-22)20(2)18-25(19)23(13-15-27)21-9-5-3-6-10-21/h3-12,15-16,19-20,23-24H,13-14,17-18H2,1-2H3. The summed E-state index contributed by atoms with van der Waals surface area (Å²) in [6.07, 6.45) is 3.05. The fraction of sp³-hybridized carbons (Fsp3) is 0.417. The minimum absolute atomic E-state index is 0.0968. The molecule has 0 saturated carbocycles. The molecule has 0 amide bonds. The smallest absolute Gasteiger partial charge is 0.121 e. The summed E-state index contributed by atoms with van der Waals surface area (Å²) in [6.45, 7) is 6.19. The van der Waals surface area contributed by atoms with Crippen LogP contribution >= 0.6 is 0 Å². The van der Waals surface area contributed by atoms with E-state index in [-0.39, 0.29) is 12.1 Å². The average Bonchev–Trinajstić information content (AvgIpc) is 2.73. The molecule has 4 nitrogen and oxygen atoms in total. The minimum atomic E-state index is 0.0968. The number of carbonyl (C=O) groups is 2. The number of hydrogen-bond donors (Lipinski definition) is 0. The SMILES string of the molecule is CC1CN(C(CC=O)c2ccccc2)C(C)CN1C(CC=O)c1ccccc1. The van der Waals surface area contributed by atoms with Gasteiger partial charge in [0.2, 0.25) is 0 Å². The van der Waals surface area contributed by atoms with Crippen LogP contribution in [-0.4, -0.2) is 47.5 Å². The van der Waals surface area contributed by atoms with Crippen LogP contribution in [-0.2, 0) is 9.59 Å². The van der Waals surface area contributed by atoms with E-state index in [0.717, 1.165) is 25.7 Å². The molecule has 0 N–H and O–H groups in total. The summed E-state index contributed by atoms with van der Waals surface area (Å²) < 4.78 is 0. The fourth-order valence-corrected chi connectivity index (χ4v) is 4.51. The van der Waals surface area contributed by atoms with Gasteiger partial charge in [-0.3, -0.25) is 9.80 Å². The van der Waals surface area contributed by atoms with Gasteiger partial charge >= 0.3 is 0 Å². The molecule has 0 aromatic heterocycles. The first-order valence-electron chi connectivity index (χ1n) is 10.1. The number of benzene rings is 2. The Morgan fingerprint density at radius 2 is 1.11 bits per heavy atom. The van der Waals surface area contributed by atoms with E-state index in [1.54, 1.807) is 0 Å². The van der Waals surface area contributed by atoms with Crippen molar-refractivity contribution in [3.63, 3.8) is 0 Å². The highest BCUT2D eigenvalue weighted by Gasteiger charge is 2.36. The van der Waals surface area contributed by atoms with E-state index in [2.05, 4.69) is 47.9 Å². The van der Waals surface area contributed by atoms with Gasteiger partial charge in [-0.05, 0) is 25.0 Å². The van der Waals surface area contributed by atoms with E-state index in [1.165, 1.54) is 11.1 Å². The summed E-state index contributed by atoms with van der Waals surface area (Å²) in [6, 6.07) is 21.4. The molecule has 0 aliphatic carbocycles. The maximum atomic E-state index is 11.4. The Balaban J connectivity index is 1.82. The Bertz CT molecular complexity index is 684. The molecule has 4 heteroatoms. The quantitative estimate of drug-likeness (QED) is 0.650. The molecule has 1 heterocycles. The van der Waals surface area contributed by atoms with Crippen LogP contribution in [0.1, 0.15) is 49.9 Å². The van der Waals surface area contributed by atoms with Gasteiger partial charge in [0.05, 0.1) is 0 Å². The van der Waals surface area contributed by atoms with Crippen molar-refractivity contribution < 1.29 is 9.59 Å². The third kappa shape index (κ3) is 4.57. The first-order chi connectivity index (χ1) is 13.7. The first-order valence-corrected chi connectivity index (χ1v) is 10.1. The zero-order valence-corrected chi connectivity index (χ0v) is 16.8. The molecule has 28 heavy (non-hydrogen) atoms. The summed E-state index contributed by atoms with van der Waals surface area (Å²) in [5.74, 6) is 0. The Labute approximate surface area is 168 Å². The van der Waals surface area contributed by atoms with Crippen molar-refractivity contribution in [2.24, 2.45) is 0 Å². The molecule has 0 spiro atoms. The van der Waals surface area contributed by atoms with E-state index >= 15 is 0 Å². The Kier molecular flexibility index (Phi) is 7.12. The lowest BCUT2D eigenvalue weighted by Crippen LogP contribution is -2.57. The zero-order valence-electron chi connectivity index (χ0n) is 16.8. The van der Waals surface area contributed by atoms with Crippen LogP contribution in [0.5, 0.6) is 0 Å². The summed E-state index contributed by atoms with van der Waals surface area (Å²) in [5.41, 5.74) is 2.38. The lowest BCUT2D eigenvalue weighted by molar-refractivity contribution is -0.111. The monoisotopic (exact) mass is 378 g/mol. The molecule has 1 aliphatic heterocycles. The molecular formula is C24H30N2O2. The zero-order chi connectivity index (χ0) is 19.9.